The Kier molecular flexibility index (Phi) is 15.2. The Balaban J connectivity index is 1.47. The highest BCUT2D eigenvalue weighted by atomic mass is 19.4. The van der Waals surface area contributed by atoms with Crippen molar-refractivity contribution in [3.63, 3.8) is 0 Å². The van der Waals surface area contributed by atoms with Gasteiger partial charge in [-0.2, -0.15) is 13.2 Å². The van der Waals surface area contributed by atoms with E-state index >= 15 is 0 Å². The molecule has 0 bridgehead atoms. The molecular formula is C38H47F3O4. The molecule has 0 aliphatic heterocycles. The van der Waals surface area contributed by atoms with Crippen LogP contribution in [-0.2, 0) is 11.2 Å². The van der Waals surface area contributed by atoms with Crippen LogP contribution in [0.1, 0.15) is 124 Å². The number of hydrogen-bond donors (Lipinski definition) is 0. The van der Waals surface area contributed by atoms with Crippen molar-refractivity contribution in [3.05, 3.63) is 89.5 Å². The van der Waals surface area contributed by atoms with Crippen LogP contribution in [0.5, 0.6) is 5.75 Å². The number of ether oxygens (including phenoxy) is 2. The Bertz CT molecular complexity index is 1280. The van der Waals surface area contributed by atoms with Gasteiger partial charge in [-0.1, -0.05) is 114 Å². The third-order valence-corrected chi connectivity index (χ3v) is 7.96. The number of unbranched alkanes of at least 4 members (excludes halogenated alkanes) is 10. The summed E-state index contributed by atoms with van der Waals surface area (Å²) in [6.45, 7) is 4.21. The predicted molar refractivity (Wildman–Crippen MR) is 174 cm³/mol. The second-order valence-corrected chi connectivity index (χ2v) is 11.7. The maximum absolute atomic E-state index is 13.4. The first-order chi connectivity index (χ1) is 21.7. The van der Waals surface area contributed by atoms with E-state index in [-0.39, 0.29) is 17.7 Å². The first-order valence-electron chi connectivity index (χ1n) is 16.5. The molecule has 1 unspecified atom stereocenters. The normalized spacial score (nSPS) is 12.1. The first kappa shape index (κ1) is 35.9. The molecule has 0 fully saturated rings. The molecule has 0 saturated carbocycles. The molecule has 7 heteroatoms. The zero-order valence-corrected chi connectivity index (χ0v) is 26.7. The smallest absolute Gasteiger partial charge is 0.425 e. The Hall–Kier alpha value is -3.61. The summed E-state index contributed by atoms with van der Waals surface area (Å²) < 4.78 is 50.3. The number of aryl methyl sites for hydroxylation is 1. The molecule has 3 aromatic carbocycles. The van der Waals surface area contributed by atoms with Gasteiger partial charge >= 0.3 is 18.1 Å². The summed E-state index contributed by atoms with van der Waals surface area (Å²) in [6, 6.07) is 20.9. The molecule has 1 atom stereocenters. The average molecular weight is 625 g/mol. The van der Waals surface area contributed by atoms with E-state index in [4.69, 9.17) is 9.47 Å². The molecule has 0 amide bonds. The zero-order valence-electron chi connectivity index (χ0n) is 26.7. The summed E-state index contributed by atoms with van der Waals surface area (Å²) in [6.07, 6.45) is 7.16. The third kappa shape index (κ3) is 12.7. The van der Waals surface area contributed by atoms with Gasteiger partial charge in [0.15, 0.2) is 6.10 Å². The average Bonchev–Trinajstić information content (AvgIpc) is 3.04. The van der Waals surface area contributed by atoms with E-state index in [1.54, 1.807) is 12.1 Å². The summed E-state index contributed by atoms with van der Waals surface area (Å²) in [5, 5.41) is 0. The molecule has 3 rings (SSSR count). The van der Waals surface area contributed by atoms with Crippen LogP contribution < -0.4 is 4.74 Å². The fraction of sp³-hybridized carbons (Fsp3) is 0.474. The maximum Gasteiger partial charge on any atom is 0.425 e. The number of benzene rings is 3. The SMILES string of the molecule is CCCCCCCCCCc1ccc(-c2ccc(C(=O)Oc3ccc(C(=O)OC(CCCCCC)C(F)(F)F)cc3)cc2)cc1. The van der Waals surface area contributed by atoms with Crippen molar-refractivity contribution < 1.29 is 32.2 Å². The summed E-state index contributed by atoms with van der Waals surface area (Å²) >= 11 is 0. The van der Waals surface area contributed by atoms with Crippen molar-refractivity contribution in [2.75, 3.05) is 0 Å². The number of carbonyl (C=O) groups excluding carboxylic acids is 2. The number of carbonyl (C=O) groups is 2. The fourth-order valence-corrected chi connectivity index (χ4v) is 5.19. The highest BCUT2D eigenvalue weighted by molar-refractivity contribution is 5.92. The summed E-state index contributed by atoms with van der Waals surface area (Å²) in [5.41, 5.74) is 3.67. The number of hydrogen-bond acceptors (Lipinski definition) is 4. The predicted octanol–water partition coefficient (Wildman–Crippen LogP) is 11.3. The van der Waals surface area contributed by atoms with Gasteiger partial charge in [0.05, 0.1) is 11.1 Å². The summed E-state index contributed by atoms with van der Waals surface area (Å²) in [4.78, 5) is 25.1. The minimum absolute atomic E-state index is 0.0502. The van der Waals surface area contributed by atoms with Crippen molar-refractivity contribution in [1.82, 2.24) is 0 Å². The largest absolute Gasteiger partial charge is 0.449 e. The molecule has 0 saturated heterocycles. The van der Waals surface area contributed by atoms with Crippen molar-refractivity contribution in [2.24, 2.45) is 0 Å². The second kappa shape index (κ2) is 19.0. The van der Waals surface area contributed by atoms with E-state index in [9.17, 15) is 22.8 Å². The fourth-order valence-electron chi connectivity index (χ4n) is 5.19. The molecule has 0 N–H and O–H groups in total. The molecule has 4 nitrogen and oxygen atoms in total. The van der Waals surface area contributed by atoms with E-state index in [1.165, 1.54) is 81.2 Å². The molecule has 0 aliphatic carbocycles. The molecule has 244 valence electrons. The quantitative estimate of drug-likeness (QED) is 0.0756. The van der Waals surface area contributed by atoms with Gasteiger partial charge in [0.2, 0.25) is 0 Å². The monoisotopic (exact) mass is 624 g/mol. The number of esters is 2. The van der Waals surface area contributed by atoms with Crippen LogP contribution in [0.15, 0.2) is 72.8 Å². The summed E-state index contributed by atoms with van der Waals surface area (Å²) in [7, 11) is 0. The minimum Gasteiger partial charge on any atom is -0.449 e. The third-order valence-electron chi connectivity index (χ3n) is 7.96. The van der Waals surface area contributed by atoms with Crippen LogP contribution in [0, 0.1) is 0 Å². The molecule has 0 aliphatic rings. The zero-order chi connectivity index (χ0) is 32.5. The topological polar surface area (TPSA) is 52.6 Å². The van der Waals surface area contributed by atoms with Crippen molar-refractivity contribution in [3.8, 4) is 16.9 Å². The molecule has 0 radical (unpaired) electrons. The van der Waals surface area contributed by atoms with Gasteiger partial charge in [-0.15, -0.1) is 0 Å². The lowest BCUT2D eigenvalue weighted by Crippen LogP contribution is -2.33. The van der Waals surface area contributed by atoms with Crippen molar-refractivity contribution in [2.45, 2.75) is 116 Å². The van der Waals surface area contributed by atoms with E-state index in [2.05, 4.69) is 31.2 Å². The first-order valence-corrected chi connectivity index (χ1v) is 16.5. The maximum atomic E-state index is 13.4. The van der Waals surface area contributed by atoms with Gasteiger partial charge in [0, 0.05) is 0 Å². The van der Waals surface area contributed by atoms with Crippen molar-refractivity contribution >= 4 is 11.9 Å². The van der Waals surface area contributed by atoms with Crippen LogP contribution in [0.2, 0.25) is 0 Å². The Labute approximate surface area is 266 Å². The van der Waals surface area contributed by atoms with Crippen LogP contribution in [0.25, 0.3) is 11.1 Å². The Morgan fingerprint density at radius 2 is 1.07 bits per heavy atom. The number of rotatable bonds is 19. The standard InChI is InChI=1S/C38H47F3O4/c1-3-5-7-9-10-11-12-13-15-29-17-19-30(20-18-29)31-21-23-32(24-22-31)36(42)44-34-27-25-33(26-28-34)37(43)45-35(38(39,40)41)16-14-8-6-4-2/h17-28,35H,3-16H2,1-2H3. The van der Waals surface area contributed by atoms with Gasteiger partial charge in [-0.05, 0) is 78.8 Å². The number of alkyl halides is 3. The Morgan fingerprint density at radius 1 is 0.600 bits per heavy atom. The van der Waals surface area contributed by atoms with Gasteiger partial charge < -0.3 is 9.47 Å². The van der Waals surface area contributed by atoms with Crippen LogP contribution >= 0.6 is 0 Å². The molecule has 0 heterocycles. The minimum atomic E-state index is -4.64. The van der Waals surface area contributed by atoms with E-state index in [0.29, 0.717) is 18.4 Å². The molecule has 3 aromatic rings. The van der Waals surface area contributed by atoms with Gasteiger partial charge in [-0.3, -0.25) is 0 Å². The van der Waals surface area contributed by atoms with E-state index < -0.39 is 24.2 Å². The lowest BCUT2D eigenvalue weighted by atomic mass is 10.00. The molecule has 45 heavy (non-hydrogen) atoms. The lowest BCUT2D eigenvalue weighted by molar-refractivity contribution is -0.206. The van der Waals surface area contributed by atoms with Crippen LogP contribution in [-0.4, -0.2) is 24.2 Å². The van der Waals surface area contributed by atoms with E-state index in [1.807, 2.05) is 19.1 Å². The van der Waals surface area contributed by atoms with Gasteiger partial charge in [0.1, 0.15) is 5.75 Å². The van der Waals surface area contributed by atoms with E-state index in [0.717, 1.165) is 30.4 Å². The van der Waals surface area contributed by atoms with Crippen molar-refractivity contribution in [1.29, 1.82) is 0 Å². The van der Waals surface area contributed by atoms with Gasteiger partial charge in [0.25, 0.3) is 0 Å². The number of halogens is 3. The van der Waals surface area contributed by atoms with Crippen LogP contribution in [0.4, 0.5) is 13.2 Å². The molecule has 0 aromatic heterocycles. The Morgan fingerprint density at radius 3 is 1.62 bits per heavy atom. The molecule has 0 spiro atoms. The second-order valence-electron chi connectivity index (χ2n) is 11.7. The summed E-state index contributed by atoms with van der Waals surface area (Å²) in [5.74, 6) is -1.48. The highest BCUT2D eigenvalue weighted by Gasteiger charge is 2.42. The van der Waals surface area contributed by atoms with Gasteiger partial charge in [-0.25, -0.2) is 9.59 Å². The van der Waals surface area contributed by atoms with Crippen LogP contribution in [0.3, 0.4) is 0 Å². The molecular weight excluding hydrogens is 577 g/mol. The highest BCUT2D eigenvalue weighted by Crippen LogP contribution is 2.28. The lowest BCUT2D eigenvalue weighted by Gasteiger charge is -2.20.